The summed E-state index contributed by atoms with van der Waals surface area (Å²) < 4.78 is 2.48. The first kappa shape index (κ1) is 16.2. The van der Waals surface area contributed by atoms with Crippen molar-refractivity contribution in [3.05, 3.63) is 46.7 Å². The molecule has 7 heteroatoms. The highest BCUT2D eigenvalue weighted by Gasteiger charge is 2.30. The molecule has 0 radical (unpaired) electrons. The molecule has 0 bridgehead atoms. The Morgan fingerprint density at radius 1 is 1.32 bits per heavy atom. The minimum absolute atomic E-state index is 0.100. The van der Waals surface area contributed by atoms with Crippen LogP contribution in [0.25, 0.3) is 16.8 Å². The van der Waals surface area contributed by atoms with E-state index in [2.05, 4.69) is 27.0 Å². The zero-order chi connectivity index (χ0) is 17.4. The largest absolute Gasteiger partial charge is 0.383 e. The van der Waals surface area contributed by atoms with Crippen molar-refractivity contribution < 1.29 is 0 Å². The van der Waals surface area contributed by atoms with Gasteiger partial charge < -0.3 is 5.73 Å². The summed E-state index contributed by atoms with van der Waals surface area (Å²) in [6.45, 7) is 0.100. The lowest BCUT2D eigenvalue weighted by Gasteiger charge is -2.24. The number of nitriles is 1. The van der Waals surface area contributed by atoms with Crippen LogP contribution in [0.4, 0.5) is 5.82 Å². The molecule has 25 heavy (non-hydrogen) atoms. The summed E-state index contributed by atoms with van der Waals surface area (Å²) >= 11 is 3.61. The topological polar surface area (TPSA) is 80.0 Å². The number of nitrogens with two attached hydrogens (primary N) is 1. The minimum Gasteiger partial charge on any atom is -0.383 e. The molecule has 0 spiro atoms. The predicted molar refractivity (Wildman–Crippen MR) is 103 cm³/mol. The van der Waals surface area contributed by atoms with E-state index in [4.69, 9.17) is 10.7 Å². The van der Waals surface area contributed by atoms with Crippen LogP contribution in [0, 0.1) is 11.2 Å². The standard InChI is InChI=1S/C18H17BBrN5/c20-15-16(13-7-4-8-19(9-13)11-21)24-18-14(10-23-25(18)17(15)22)12-5-2-1-3-6-12/h1-3,5-6,10,13H,4,7-9,22H2. The Kier molecular flexibility index (Phi) is 4.22. The van der Waals surface area contributed by atoms with E-state index in [0.717, 1.165) is 52.4 Å². The molecule has 1 atom stereocenters. The lowest BCUT2D eigenvalue weighted by atomic mass is 9.41. The molecule has 124 valence electrons. The van der Waals surface area contributed by atoms with Crippen molar-refractivity contribution in [2.75, 3.05) is 5.73 Å². The number of hydrogen-bond donors (Lipinski definition) is 1. The van der Waals surface area contributed by atoms with E-state index >= 15 is 0 Å². The summed E-state index contributed by atoms with van der Waals surface area (Å²) in [5.41, 5.74) is 10.1. The summed E-state index contributed by atoms with van der Waals surface area (Å²) in [5.74, 6) is 3.22. The van der Waals surface area contributed by atoms with Crippen LogP contribution in [0.2, 0.25) is 12.6 Å². The number of benzene rings is 1. The molecule has 1 aliphatic heterocycles. The second-order valence-electron chi connectivity index (χ2n) is 6.55. The van der Waals surface area contributed by atoms with Crippen molar-refractivity contribution in [1.29, 1.82) is 5.26 Å². The number of aromatic nitrogens is 3. The molecule has 1 fully saturated rings. The second-order valence-corrected chi connectivity index (χ2v) is 7.34. The van der Waals surface area contributed by atoms with Crippen LogP contribution in [0.3, 0.4) is 0 Å². The van der Waals surface area contributed by atoms with Crippen molar-refractivity contribution in [2.24, 2.45) is 0 Å². The van der Waals surface area contributed by atoms with Gasteiger partial charge in [-0.15, -0.1) is 0 Å². The van der Waals surface area contributed by atoms with Gasteiger partial charge in [0.2, 0.25) is 0 Å². The number of nitrogens with zero attached hydrogens (tertiary/aromatic N) is 4. The highest BCUT2D eigenvalue weighted by molar-refractivity contribution is 9.10. The number of rotatable bonds is 2. The van der Waals surface area contributed by atoms with Gasteiger partial charge in [0.25, 0.3) is 6.71 Å². The number of nitrogen functional groups attached to an aromatic ring is 1. The van der Waals surface area contributed by atoms with Gasteiger partial charge in [-0.1, -0.05) is 49.4 Å². The minimum atomic E-state index is 0.100. The molecule has 4 rings (SSSR count). The fraction of sp³-hybridized carbons (Fsp3) is 0.278. The van der Waals surface area contributed by atoms with E-state index < -0.39 is 0 Å². The second kappa shape index (κ2) is 6.53. The summed E-state index contributed by atoms with van der Waals surface area (Å²) in [6, 6.07) is 10.1. The zero-order valence-corrected chi connectivity index (χ0v) is 15.3. The van der Waals surface area contributed by atoms with Crippen LogP contribution >= 0.6 is 15.9 Å². The van der Waals surface area contributed by atoms with Gasteiger partial charge in [0, 0.05) is 11.5 Å². The van der Waals surface area contributed by atoms with Gasteiger partial charge in [-0.3, -0.25) is 0 Å². The Morgan fingerprint density at radius 2 is 2.12 bits per heavy atom. The summed E-state index contributed by atoms with van der Waals surface area (Å²) in [5, 5.41) is 13.7. The molecule has 1 saturated heterocycles. The Hall–Kier alpha value is -2.33. The maximum Gasteiger partial charge on any atom is 0.268 e. The maximum absolute atomic E-state index is 9.29. The molecular weight excluding hydrogens is 377 g/mol. The average Bonchev–Trinajstić information content (AvgIpc) is 3.09. The fourth-order valence-electron chi connectivity index (χ4n) is 3.66. The number of anilines is 1. The maximum atomic E-state index is 9.29. The monoisotopic (exact) mass is 393 g/mol. The third-order valence-electron chi connectivity index (χ3n) is 4.98. The van der Waals surface area contributed by atoms with E-state index in [1.54, 1.807) is 4.52 Å². The molecular formula is C18H17BBrN5. The van der Waals surface area contributed by atoms with E-state index in [-0.39, 0.29) is 12.6 Å². The molecule has 3 heterocycles. The molecule has 1 unspecified atom stereocenters. The number of hydrogen-bond acceptors (Lipinski definition) is 4. The highest BCUT2D eigenvalue weighted by atomic mass is 79.9. The van der Waals surface area contributed by atoms with Gasteiger partial charge in [-0.25, -0.2) is 10.2 Å². The molecule has 2 N–H and O–H groups in total. The summed E-state index contributed by atoms with van der Waals surface area (Å²) in [7, 11) is 0. The Balaban J connectivity index is 1.86. The van der Waals surface area contributed by atoms with Crippen LogP contribution in [0.1, 0.15) is 24.5 Å². The first-order valence-corrected chi connectivity index (χ1v) is 9.26. The van der Waals surface area contributed by atoms with Crippen molar-refractivity contribution in [3.63, 3.8) is 0 Å². The van der Waals surface area contributed by atoms with Gasteiger partial charge in [0.1, 0.15) is 5.82 Å². The molecule has 1 aromatic carbocycles. The van der Waals surface area contributed by atoms with Gasteiger partial charge in [0.15, 0.2) is 5.65 Å². The fourth-order valence-corrected chi connectivity index (χ4v) is 4.24. The van der Waals surface area contributed by atoms with E-state index in [1.165, 1.54) is 0 Å². The van der Waals surface area contributed by atoms with Crippen LogP contribution in [0.5, 0.6) is 0 Å². The molecule has 5 nitrogen and oxygen atoms in total. The smallest absolute Gasteiger partial charge is 0.268 e. The van der Waals surface area contributed by atoms with Gasteiger partial charge in [0.05, 0.1) is 16.4 Å². The van der Waals surface area contributed by atoms with Crippen molar-refractivity contribution in [1.82, 2.24) is 14.6 Å². The molecule has 0 aliphatic carbocycles. The molecule has 0 amide bonds. The van der Waals surface area contributed by atoms with E-state index in [1.807, 2.05) is 36.5 Å². The third-order valence-corrected chi connectivity index (χ3v) is 5.79. The first-order chi connectivity index (χ1) is 12.2. The van der Waals surface area contributed by atoms with Crippen LogP contribution < -0.4 is 5.73 Å². The number of halogens is 1. The van der Waals surface area contributed by atoms with Crippen LogP contribution in [-0.4, -0.2) is 21.3 Å². The van der Waals surface area contributed by atoms with Crippen molar-refractivity contribution in [2.45, 2.75) is 31.4 Å². The Labute approximate surface area is 155 Å². The zero-order valence-electron chi connectivity index (χ0n) is 13.7. The first-order valence-electron chi connectivity index (χ1n) is 8.46. The van der Waals surface area contributed by atoms with E-state index in [9.17, 15) is 5.26 Å². The quantitative estimate of drug-likeness (QED) is 0.662. The number of fused-ring (bicyclic) bond motifs is 1. The molecule has 0 saturated carbocycles. The van der Waals surface area contributed by atoms with Crippen molar-refractivity contribution in [3.8, 4) is 17.1 Å². The van der Waals surface area contributed by atoms with Crippen LogP contribution in [0.15, 0.2) is 41.0 Å². The van der Waals surface area contributed by atoms with Crippen molar-refractivity contribution >= 4 is 34.1 Å². The lowest BCUT2D eigenvalue weighted by Crippen LogP contribution is -2.21. The summed E-state index contributed by atoms with van der Waals surface area (Å²) in [4.78, 5) is 4.93. The molecule has 2 aromatic heterocycles. The highest BCUT2D eigenvalue weighted by Crippen LogP contribution is 2.39. The van der Waals surface area contributed by atoms with Gasteiger partial charge in [-0.2, -0.15) is 9.61 Å². The van der Waals surface area contributed by atoms with Gasteiger partial charge in [-0.05, 0) is 33.8 Å². The molecule has 1 aliphatic rings. The molecule has 3 aromatic rings. The normalized spacial score (nSPS) is 17.6. The third kappa shape index (κ3) is 2.81. The van der Waals surface area contributed by atoms with E-state index in [0.29, 0.717) is 5.82 Å². The van der Waals surface area contributed by atoms with Crippen LogP contribution in [-0.2, 0) is 0 Å². The Bertz CT molecular complexity index is 963. The van der Waals surface area contributed by atoms with Gasteiger partial charge >= 0.3 is 0 Å². The SMILES string of the molecule is N#CB1CCCC(c2nc3c(-c4ccccc4)cnn3c(N)c2Br)C1. The lowest BCUT2D eigenvalue weighted by molar-refractivity contribution is 0.612. The average molecular weight is 394 g/mol. The summed E-state index contributed by atoms with van der Waals surface area (Å²) in [6.07, 6.45) is 5.71. The Morgan fingerprint density at radius 3 is 2.88 bits per heavy atom. The predicted octanol–water partition coefficient (Wildman–Crippen LogP) is 4.18.